The van der Waals surface area contributed by atoms with Gasteiger partial charge in [-0.1, -0.05) is 47.7 Å². The van der Waals surface area contributed by atoms with Gasteiger partial charge in [-0.25, -0.2) is 4.68 Å². The summed E-state index contributed by atoms with van der Waals surface area (Å²) in [5.41, 5.74) is 3.05. The van der Waals surface area contributed by atoms with Crippen LogP contribution in [0.5, 0.6) is 5.75 Å². The van der Waals surface area contributed by atoms with Crippen LogP contribution in [0.25, 0.3) is 0 Å². The molecular weight excluding hydrogens is 392 g/mol. The van der Waals surface area contributed by atoms with Gasteiger partial charge in [-0.3, -0.25) is 4.79 Å². The number of amides is 1. The molecule has 2 aromatic carbocycles. The Bertz CT molecular complexity index is 989. The zero-order valence-electron chi connectivity index (χ0n) is 17.8. The number of nitrogens with zero attached hydrogens (tertiary/aromatic N) is 4. The fourth-order valence-electron chi connectivity index (χ4n) is 3.83. The van der Waals surface area contributed by atoms with Crippen LogP contribution in [0, 0.1) is 0 Å². The van der Waals surface area contributed by atoms with Gasteiger partial charge in [-0.15, -0.1) is 5.10 Å². The molecule has 1 atom stereocenters. The molecule has 1 aliphatic heterocycles. The standard InChI is InChI=1S/C24H28N4O3/c1-30-23-9-5-8-19(14-23)10-11-24(29)27-13-12-22(16-27)28-15-21(25-26-28)18-31-17-20-6-3-2-4-7-20/h2-9,14-15,22H,10-13,16-18H2,1H3. The summed E-state index contributed by atoms with van der Waals surface area (Å²) in [6, 6.07) is 18.1. The number of aromatic nitrogens is 3. The first-order valence-corrected chi connectivity index (χ1v) is 10.6. The third-order valence-corrected chi connectivity index (χ3v) is 5.57. The SMILES string of the molecule is COc1cccc(CCC(=O)N2CCC(n3cc(COCc4ccccc4)nn3)C2)c1. The first kappa shape index (κ1) is 21.1. The van der Waals surface area contributed by atoms with E-state index in [9.17, 15) is 4.79 Å². The van der Waals surface area contributed by atoms with Crippen molar-refractivity contribution in [1.29, 1.82) is 0 Å². The summed E-state index contributed by atoms with van der Waals surface area (Å²) in [4.78, 5) is 14.6. The van der Waals surface area contributed by atoms with Crippen molar-refractivity contribution in [2.24, 2.45) is 0 Å². The van der Waals surface area contributed by atoms with Crippen LogP contribution in [0.1, 0.15) is 35.7 Å². The maximum Gasteiger partial charge on any atom is 0.222 e. The number of rotatable bonds is 9. The predicted molar refractivity (Wildman–Crippen MR) is 117 cm³/mol. The van der Waals surface area contributed by atoms with E-state index >= 15 is 0 Å². The van der Waals surface area contributed by atoms with Crippen molar-refractivity contribution in [2.75, 3.05) is 20.2 Å². The molecule has 3 aromatic rings. The minimum atomic E-state index is 0.163. The highest BCUT2D eigenvalue weighted by Crippen LogP contribution is 2.22. The summed E-state index contributed by atoms with van der Waals surface area (Å²) in [5, 5.41) is 8.49. The van der Waals surface area contributed by atoms with Crippen molar-refractivity contribution in [3.05, 3.63) is 77.6 Å². The smallest absolute Gasteiger partial charge is 0.222 e. The van der Waals surface area contributed by atoms with E-state index in [4.69, 9.17) is 9.47 Å². The molecule has 7 nitrogen and oxygen atoms in total. The predicted octanol–water partition coefficient (Wildman–Crippen LogP) is 3.41. The van der Waals surface area contributed by atoms with Crippen LogP contribution < -0.4 is 4.74 Å². The van der Waals surface area contributed by atoms with Gasteiger partial charge in [0.15, 0.2) is 0 Å². The Kier molecular flexibility index (Phi) is 6.94. The minimum Gasteiger partial charge on any atom is -0.497 e. The molecule has 1 aromatic heterocycles. The van der Waals surface area contributed by atoms with Gasteiger partial charge in [0.05, 0.1) is 32.6 Å². The number of likely N-dealkylation sites (tertiary alicyclic amines) is 1. The van der Waals surface area contributed by atoms with Gasteiger partial charge in [0.25, 0.3) is 0 Å². The number of hydrogen-bond donors (Lipinski definition) is 0. The van der Waals surface area contributed by atoms with Crippen molar-refractivity contribution in [1.82, 2.24) is 19.9 Å². The second-order valence-corrected chi connectivity index (χ2v) is 7.80. The topological polar surface area (TPSA) is 69.5 Å². The fourth-order valence-corrected chi connectivity index (χ4v) is 3.83. The van der Waals surface area contributed by atoms with E-state index in [1.807, 2.05) is 70.4 Å². The van der Waals surface area contributed by atoms with Gasteiger partial charge in [0.2, 0.25) is 5.91 Å². The highest BCUT2D eigenvalue weighted by molar-refractivity contribution is 5.76. The van der Waals surface area contributed by atoms with E-state index in [0.29, 0.717) is 32.6 Å². The fraction of sp³-hybridized carbons (Fsp3) is 0.375. The van der Waals surface area contributed by atoms with Crippen molar-refractivity contribution in [2.45, 2.75) is 38.5 Å². The number of aryl methyl sites for hydroxylation is 1. The second kappa shape index (κ2) is 10.2. The first-order valence-electron chi connectivity index (χ1n) is 10.6. The monoisotopic (exact) mass is 420 g/mol. The quantitative estimate of drug-likeness (QED) is 0.531. The lowest BCUT2D eigenvalue weighted by Gasteiger charge is -2.16. The molecule has 0 radical (unpaired) electrons. The lowest BCUT2D eigenvalue weighted by Crippen LogP contribution is -2.29. The van der Waals surface area contributed by atoms with Gasteiger partial charge in [0, 0.05) is 19.5 Å². The van der Waals surface area contributed by atoms with Crippen molar-refractivity contribution in [3.63, 3.8) is 0 Å². The molecule has 0 bridgehead atoms. The van der Waals surface area contributed by atoms with E-state index in [0.717, 1.165) is 35.5 Å². The Morgan fingerprint density at radius 2 is 1.94 bits per heavy atom. The summed E-state index contributed by atoms with van der Waals surface area (Å²) < 4.78 is 12.9. The van der Waals surface area contributed by atoms with Crippen LogP contribution in [0.15, 0.2) is 60.8 Å². The van der Waals surface area contributed by atoms with Gasteiger partial charge >= 0.3 is 0 Å². The van der Waals surface area contributed by atoms with Crippen molar-refractivity contribution < 1.29 is 14.3 Å². The molecule has 0 saturated carbocycles. The molecule has 31 heavy (non-hydrogen) atoms. The van der Waals surface area contributed by atoms with Gasteiger partial charge in [-0.2, -0.15) is 0 Å². The van der Waals surface area contributed by atoms with Crippen LogP contribution in [0.2, 0.25) is 0 Å². The molecule has 4 rings (SSSR count). The van der Waals surface area contributed by atoms with E-state index in [1.54, 1.807) is 7.11 Å². The zero-order chi connectivity index (χ0) is 21.5. The molecule has 1 saturated heterocycles. The van der Waals surface area contributed by atoms with E-state index in [-0.39, 0.29) is 11.9 Å². The maximum absolute atomic E-state index is 12.7. The number of methoxy groups -OCH3 is 1. The largest absolute Gasteiger partial charge is 0.497 e. The minimum absolute atomic E-state index is 0.163. The Labute approximate surface area is 182 Å². The summed E-state index contributed by atoms with van der Waals surface area (Å²) >= 11 is 0. The molecule has 1 aliphatic rings. The van der Waals surface area contributed by atoms with E-state index in [1.165, 1.54) is 0 Å². The molecular formula is C24H28N4O3. The molecule has 7 heteroatoms. The molecule has 1 unspecified atom stereocenters. The zero-order valence-corrected chi connectivity index (χ0v) is 17.8. The summed E-state index contributed by atoms with van der Waals surface area (Å²) in [6.07, 6.45) is 4.03. The van der Waals surface area contributed by atoms with Crippen LogP contribution in [0.4, 0.5) is 0 Å². The summed E-state index contributed by atoms with van der Waals surface area (Å²) in [6.45, 7) is 2.39. The van der Waals surface area contributed by atoms with Crippen molar-refractivity contribution >= 4 is 5.91 Å². The number of carbonyl (C=O) groups excluding carboxylic acids is 1. The highest BCUT2D eigenvalue weighted by atomic mass is 16.5. The van der Waals surface area contributed by atoms with Gasteiger partial charge in [0.1, 0.15) is 11.4 Å². The Morgan fingerprint density at radius 3 is 2.77 bits per heavy atom. The molecule has 1 amide bonds. The summed E-state index contributed by atoms with van der Waals surface area (Å²) in [5.74, 6) is 0.998. The molecule has 0 spiro atoms. The number of carbonyl (C=O) groups is 1. The lowest BCUT2D eigenvalue weighted by molar-refractivity contribution is -0.130. The number of benzene rings is 2. The average molecular weight is 421 g/mol. The third-order valence-electron chi connectivity index (χ3n) is 5.57. The Hall–Kier alpha value is -3.19. The van der Waals surface area contributed by atoms with Gasteiger partial charge < -0.3 is 14.4 Å². The second-order valence-electron chi connectivity index (χ2n) is 7.80. The molecule has 162 valence electrons. The third kappa shape index (κ3) is 5.70. The van der Waals surface area contributed by atoms with E-state index < -0.39 is 0 Å². The number of ether oxygens (including phenoxy) is 2. The lowest BCUT2D eigenvalue weighted by atomic mass is 10.1. The van der Waals surface area contributed by atoms with Crippen LogP contribution in [-0.2, 0) is 29.2 Å². The normalized spacial score (nSPS) is 15.9. The first-order chi connectivity index (χ1) is 15.2. The van der Waals surface area contributed by atoms with Crippen LogP contribution in [0.3, 0.4) is 0 Å². The van der Waals surface area contributed by atoms with E-state index in [2.05, 4.69) is 10.3 Å². The Balaban J connectivity index is 1.23. The number of hydrogen-bond acceptors (Lipinski definition) is 5. The van der Waals surface area contributed by atoms with Crippen LogP contribution >= 0.6 is 0 Å². The van der Waals surface area contributed by atoms with Crippen molar-refractivity contribution in [3.8, 4) is 5.75 Å². The average Bonchev–Trinajstić information content (AvgIpc) is 3.48. The summed E-state index contributed by atoms with van der Waals surface area (Å²) in [7, 11) is 1.65. The molecule has 2 heterocycles. The molecule has 0 aliphatic carbocycles. The maximum atomic E-state index is 12.7. The highest BCUT2D eigenvalue weighted by Gasteiger charge is 2.28. The van der Waals surface area contributed by atoms with Gasteiger partial charge in [-0.05, 0) is 36.1 Å². The van der Waals surface area contributed by atoms with Crippen LogP contribution in [-0.4, -0.2) is 46.0 Å². The molecule has 1 fully saturated rings. The Morgan fingerprint density at radius 1 is 1.10 bits per heavy atom. The molecule has 0 N–H and O–H groups in total.